The highest BCUT2D eigenvalue weighted by Crippen LogP contribution is 2.04. The third kappa shape index (κ3) is 3.06. The zero-order valence-corrected chi connectivity index (χ0v) is 8.66. The van der Waals surface area contributed by atoms with Crippen LogP contribution in [0.25, 0.3) is 0 Å². The maximum atomic E-state index is 11.6. The molecule has 0 aliphatic rings. The SMILES string of the molecule is CCCCNC(=O)c1cnccc1C#N. The highest BCUT2D eigenvalue weighted by molar-refractivity contribution is 5.96. The van der Waals surface area contributed by atoms with Crippen molar-refractivity contribution >= 4 is 5.91 Å². The molecule has 0 unspecified atom stereocenters. The molecule has 1 amide bonds. The summed E-state index contributed by atoms with van der Waals surface area (Å²) in [5.74, 6) is -0.229. The van der Waals surface area contributed by atoms with Crippen molar-refractivity contribution in [3.63, 3.8) is 0 Å². The van der Waals surface area contributed by atoms with E-state index in [-0.39, 0.29) is 5.91 Å². The summed E-state index contributed by atoms with van der Waals surface area (Å²) in [7, 11) is 0. The third-order valence-corrected chi connectivity index (χ3v) is 2.00. The molecule has 0 saturated carbocycles. The predicted octanol–water partition coefficient (Wildman–Crippen LogP) is 1.48. The predicted molar refractivity (Wildman–Crippen MR) is 56.2 cm³/mol. The summed E-state index contributed by atoms with van der Waals surface area (Å²) in [6, 6.07) is 3.50. The van der Waals surface area contributed by atoms with Crippen LogP contribution in [0.5, 0.6) is 0 Å². The van der Waals surface area contributed by atoms with Crippen molar-refractivity contribution in [3.05, 3.63) is 29.6 Å². The number of nitriles is 1. The molecule has 4 heteroatoms. The van der Waals surface area contributed by atoms with Crippen molar-refractivity contribution in [2.24, 2.45) is 0 Å². The first kappa shape index (κ1) is 11.2. The van der Waals surface area contributed by atoms with Crippen LogP contribution in [0.3, 0.4) is 0 Å². The molecule has 0 aliphatic carbocycles. The van der Waals surface area contributed by atoms with E-state index in [0.29, 0.717) is 17.7 Å². The molecule has 0 aromatic carbocycles. The zero-order valence-electron chi connectivity index (χ0n) is 8.66. The molecule has 1 aromatic rings. The van der Waals surface area contributed by atoms with Crippen LogP contribution in [0.4, 0.5) is 0 Å². The summed E-state index contributed by atoms with van der Waals surface area (Å²) in [6.07, 6.45) is 4.88. The topological polar surface area (TPSA) is 65.8 Å². The van der Waals surface area contributed by atoms with Crippen LogP contribution < -0.4 is 5.32 Å². The van der Waals surface area contributed by atoms with Crippen molar-refractivity contribution < 1.29 is 4.79 Å². The van der Waals surface area contributed by atoms with Crippen LogP contribution in [-0.4, -0.2) is 17.4 Å². The average Bonchev–Trinajstić information content (AvgIpc) is 2.29. The molecule has 78 valence electrons. The zero-order chi connectivity index (χ0) is 11.1. The summed E-state index contributed by atoms with van der Waals surface area (Å²) in [5, 5.41) is 11.5. The minimum absolute atomic E-state index is 0.229. The van der Waals surface area contributed by atoms with Gasteiger partial charge in [-0.2, -0.15) is 5.26 Å². The molecule has 0 fully saturated rings. The standard InChI is InChI=1S/C11H13N3O/c1-2-3-5-14-11(15)10-8-13-6-4-9(10)7-12/h4,6,8H,2-3,5H2,1H3,(H,14,15). The lowest BCUT2D eigenvalue weighted by molar-refractivity contribution is 0.0952. The smallest absolute Gasteiger partial charge is 0.254 e. The molecule has 0 bridgehead atoms. The van der Waals surface area contributed by atoms with Crippen molar-refractivity contribution in [2.75, 3.05) is 6.54 Å². The molecule has 1 rings (SSSR count). The van der Waals surface area contributed by atoms with E-state index < -0.39 is 0 Å². The first-order valence-corrected chi connectivity index (χ1v) is 4.92. The van der Waals surface area contributed by atoms with Crippen molar-refractivity contribution in [3.8, 4) is 6.07 Å². The van der Waals surface area contributed by atoms with Crippen LogP contribution in [0, 0.1) is 11.3 Å². The molecule has 0 aliphatic heterocycles. The Balaban J connectivity index is 2.70. The fourth-order valence-electron chi connectivity index (χ4n) is 1.15. The highest BCUT2D eigenvalue weighted by atomic mass is 16.1. The molecule has 1 aromatic heterocycles. The quantitative estimate of drug-likeness (QED) is 0.754. The van der Waals surface area contributed by atoms with Gasteiger partial charge in [-0.25, -0.2) is 0 Å². The van der Waals surface area contributed by atoms with Gasteiger partial charge in [0.1, 0.15) is 6.07 Å². The lowest BCUT2D eigenvalue weighted by Crippen LogP contribution is -2.25. The van der Waals surface area contributed by atoms with Gasteiger partial charge in [0.15, 0.2) is 0 Å². The molecule has 0 spiro atoms. The summed E-state index contributed by atoms with van der Waals surface area (Å²) in [6.45, 7) is 2.69. The Morgan fingerprint density at radius 1 is 1.67 bits per heavy atom. The first-order valence-electron chi connectivity index (χ1n) is 4.92. The molecule has 0 radical (unpaired) electrons. The monoisotopic (exact) mass is 203 g/mol. The molecule has 15 heavy (non-hydrogen) atoms. The Morgan fingerprint density at radius 2 is 2.47 bits per heavy atom. The Kier molecular flexibility index (Phi) is 4.30. The van der Waals surface area contributed by atoms with Crippen LogP contribution in [0.1, 0.15) is 35.7 Å². The fourth-order valence-corrected chi connectivity index (χ4v) is 1.15. The van der Waals surface area contributed by atoms with E-state index in [1.54, 1.807) is 0 Å². The maximum absolute atomic E-state index is 11.6. The van der Waals surface area contributed by atoms with Crippen LogP contribution in [0.15, 0.2) is 18.5 Å². The molecular weight excluding hydrogens is 190 g/mol. The third-order valence-electron chi connectivity index (χ3n) is 2.00. The minimum atomic E-state index is -0.229. The normalized spacial score (nSPS) is 9.33. The van der Waals surface area contributed by atoms with Gasteiger partial charge in [0, 0.05) is 18.9 Å². The van der Waals surface area contributed by atoms with E-state index in [1.165, 1.54) is 18.5 Å². The van der Waals surface area contributed by atoms with Gasteiger partial charge < -0.3 is 5.32 Å². The number of nitrogens with one attached hydrogen (secondary N) is 1. The van der Waals surface area contributed by atoms with Crippen molar-refractivity contribution in [1.82, 2.24) is 10.3 Å². The summed E-state index contributed by atoms with van der Waals surface area (Å²) < 4.78 is 0. The van der Waals surface area contributed by atoms with E-state index >= 15 is 0 Å². The molecule has 1 heterocycles. The van der Waals surface area contributed by atoms with Gasteiger partial charge in [-0.05, 0) is 12.5 Å². The number of nitrogens with zero attached hydrogens (tertiary/aromatic N) is 2. The molecule has 1 N–H and O–H groups in total. The van der Waals surface area contributed by atoms with Gasteiger partial charge in [0.25, 0.3) is 5.91 Å². The minimum Gasteiger partial charge on any atom is -0.352 e. The molecule has 0 saturated heterocycles. The van der Waals surface area contributed by atoms with Gasteiger partial charge in [-0.3, -0.25) is 9.78 Å². The Hall–Kier alpha value is -1.89. The van der Waals surface area contributed by atoms with E-state index in [0.717, 1.165) is 12.8 Å². The summed E-state index contributed by atoms with van der Waals surface area (Å²) in [4.78, 5) is 15.4. The Morgan fingerprint density at radius 3 is 3.13 bits per heavy atom. The number of aromatic nitrogens is 1. The van der Waals surface area contributed by atoms with Gasteiger partial charge in [-0.1, -0.05) is 13.3 Å². The van der Waals surface area contributed by atoms with Crippen LogP contribution in [0.2, 0.25) is 0 Å². The second-order valence-electron chi connectivity index (χ2n) is 3.14. The average molecular weight is 203 g/mol. The van der Waals surface area contributed by atoms with E-state index in [1.807, 2.05) is 6.07 Å². The number of hydrogen-bond acceptors (Lipinski definition) is 3. The van der Waals surface area contributed by atoms with E-state index in [9.17, 15) is 4.79 Å². The van der Waals surface area contributed by atoms with Gasteiger partial charge in [-0.15, -0.1) is 0 Å². The fraction of sp³-hybridized carbons (Fsp3) is 0.364. The number of unbranched alkanes of at least 4 members (excludes halogenated alkanes) is 1. The van der Waals surface area contributed by atoms with Crippen molar-refractivity contribution in [2.45, 2.75) is 19.8 Å². The highest BCUT2D eigenvalue weighted by Gasteiger charge is 2.09. The first-order chi connectivity index (χ1) is 7.29. The second-order valence-corrected chi connectivity index (χ2v) is 3.14. The van der Waals surface area contributed by atoms with Gasteiger partial charge in [0.2, 0.25) is 0 Å². The lowest BCUT2D eigenvalue weighted by atomic mass is 10.1. The van der Waals surface area contributed by atoms with Crippen molar-refractivity contribution in [1.29, 1.82) is 5.26 Å². The molecule has 4 nitrogen and oxygen atoms in total. The van der Waals surface area contributed by atoms with E-state index in [4.69, 9.17) is 5.26 Å². The van der Waals surface area contributed by atoms with Gasteiger partial charge in [0.05, 0.1) is 11.1 Å². The molecular formula is C11H13N3O. The largest absolute Gasteiger partial charge is 0.352 e. The van der Waals surface area contributed by atoms with Gasteiger partial charge >= 0.3 is 0 Å². The lowest BCUT2D eigenvalue weighted by Gasteiger charge is -2.04. The number of rotatable bonds is 4. The number of pyridine rings is 1. The number of carbonyl (C=O) groups is 1. The molecule has 0 atom stereocenters. The maximum Gasteiger partial charge on any atom is 0.254 e. The Labute approximate surface area is 88.9 Å². The Bertz CT molecular complexity index is 382. The number of hydrogen-bond donors (Lipinski definition) is 1. The van der Waals surface area contributed by atoms with Crippen LogP contribution >= 0.6 is 0 Å². The number of amides is 1. The summed E-state index contributed by atoms with van der Waals surface area (Å²) >= 11 is 0. The second kappa shape index (κ2) is 5.76. The summed E-state index contributed by atoms with van der Waals surface area (Å²) in [5.41, 5.74) is 0.704. The van der Waals surface area contributed by atoms with Crippen LogP contribution in [-0.2, 0) is 0 Å². The van der Waals surface area contributed by atoms with E-state index in [2.05, 4.69) is 17.2 Å². The number of carbonyl (C=O) groups excluding carboxylic acids is 1.